The van der Waals surface area contributed by atoms with Crippen LogP contribution < -0.4 is 4.74 Å². The molecule has 0 atom stereocenters. The number of ether oxygens (including phenoxy) is 1. The second-order valence-electron chi connectivity index (χ2n) is 3.38. The molecule has 0 radical (unpaired) electrons. The summed E-state index contributed by atoms with van der Waals surface area (Å²) in [5.74, 6) is 0.927. The minimum Gasteiger partial charge on any atom is -0.483 e. The second-order valence-corrected chi connectivity index (χ2v) is 3.74. The van der Waals surface area contributed by atoms with E-state index in [0.29, 0.717) is 18.1 Å². The molecular formula is C12H15NO3S. The van der Waals surface area contributed by atoms with Gasteiger partial charge in [0.1, 0.15) is 6.61 Å². The summed E-state index contributed by atoms with van der Waals surface area (Å²) in [7, 11) is 0. The molecule has 0 amide bonds. The monoisotopic (exact) mass is 253 g/mol. The highest BCUT2D eigenvalue weighted by Crippen LogP contribution is 2.28. The molecule has 0 aliphatic heterocycles. The predicted octanol–water partition coefficient (Wildman–Crippen LogP) is 3.02. The Bertz CT molecular complexity index is 418. The Morgan fingerprint density at radius 3 is 2.82 bits per heavy atom. The van der Waals surface area contributed by atoms with E-state index in [9.17, 15) is 10.1 Å². The summed E-state index contributed by atoms with van der Waals surface area (Å²) < 4.78 is 5.34. The number of nitrogens with zero attached hydrogens (tertiary/aromatic N) is 1. The van der Waals surface area contributed by atoms with E-state index in [4.69, 9.17) is 4.74 Å². The van der Waals surface area contributed by atoms with E-state index in [-0.39, 0.29) is 5.69 Å². The molecule has 1 aromatic rings. The zero-order valence-corrected chi connectivity index (χ0v) is 10.5. The lowest BCUT2D eigenvalue weighted by atomic mass is 10.1. The number of rotatable bonds is 6. The van der Waals surface area contributed by atoms with Gasteiger partial charge in [0, 0.05) is 11.8 Å². The van der Waals surface area contributed by atoms with Gasteiger partial charge in [-0.3, -0.25) is 10.1 Å². The lowest BCUT2D eigenvalue weighted by Gasteiger charge is -2.05. The van der Waals surface area contributed by atoms with Gasteiger partial charge in [-0.05, 0) is 18.1 Å². The van der Waals surface area contributed by atoms with Crippen molar-refractivity contribution >= 4 is 18.3 Å². The summed E-state index contributed by atoms with van der Waals surface area (Å²) in [6.07, 6.45) is 4.38. The fourth-order valence-electron chi connectivity index (χ4n) is 1.33. The summed E-state index contributed by atoms with van der Waals surface area (Å²) in [6.45, 7) is 2.27. The minimum absolute atomic E-state index is 0.0172. The van der Waals surface area contributed by atoms with Crippen LogP contribution in [0.25, 0.3) is 0 Å². The van der Waals surface area contributed by atoms with Crippen LogP contribution in [0, 0.1) is 10.1 Å². The molecule has 5 heteroatoms. The molecule has 0 saturated heterocycles. The van der Waals surface area contributed by atoms with Crippen LogP contribution in [0.2, 0.25) is 0 Å². The van der Waals surface area contributed by atoms with Crippen LogP contribution in [0.5, 0.6) is 5.75 Å². The van der Waals surface area contributed by atoms with Gasteiger partial charge in [0.2, 0.25) is 0 Å². The van der Waals surface area contributed by atoms with E-state index < -0.39 is 4.92 Å². The van der Waals surface area contributed by atoms with Gasteiger partial charge >= 0.3 is 5.69 Å². The van der Waals surface area contributed by atoms with Gasteiger partial charge in [-0.25, -0.2) is 0 Å². The molecule has 1 aromatic carbocycles. The number of hydrogen-bond acceptors (Lipinski definition) is 4. The number of aryl methyl sites for hydroxylation is 1. The van der Waals surface area contributed by atoms with Gasteiger partial charge in [0.25, 0.3) is 0 Å². The first kappa shape index (κ1) is 13.6. The van der Waals surface area contributed by atoms with Gasteiger partial charge in [-0.2, -0.15) is 12.6 Å². The quantitative estimate of drug-likeness (QED) is 0.367. The minimum atomic E-state index is -0.420. The van der Waals surface area contributed by atoms with Crippen molar-refractivity contribution in [1.82, 2.24) is 0 Å². The van der Waals surface area contributed by atoms with Crippen LogP contribution in [-0.2, 0) is 6.42 Å². The maximum atomic E-state index is 10.9. The van der Waals surface area contributed by atoms with Crippen molar-refractivity contribution in [3.63, 3.8) is 0 Å². The molecule has 4 nitrogen and oxygen atoms in total. The van der Waals surface area contributed by atoms with Crippen LogP contribution in [0.15, 0.2) is 30.4 Å². The molecule has 0 aliphatic carbocycles. The van der Waals surface area contributed by atoms with E-state index in [1.807, 2.05) is 19.1 Å². The average molecular weight is 253 g/mol. The molecule has 1 rings (SSSR count). The summed E-state index contributed by atoms with van der Waals surface area (Å²) in [6, 6.07) is 5.04. The maximum absolute atomic E-state index is 10.9. The number of thiol groups is 1. The van der Waals surface area contributed by atoms with Crippen LogP contribution in [0.3, 0.4) is 0 Å². The molecule has 0 bridgehead atoms. The molecule has 0 unspecified atom stereocenters. The van der Waals surface area contributed by atoms with E-state index in [0.717, 1.165) is 12.0 Å². The average Bonchev–Trinajstić information content (AvgIpc) is 2.34. The molecule has 0 spiro atoms. The van der Waals surface area contributed by atoms with Crippen molar-refractivity contribution < 1.29 is 9.66 Å². The molecule has 0 N–H and O–H groups in total. The summed E-state index contributed by atoms with van der Waals surface area (Å²) in [4.78, 5) is 10.5. The van der Waals surface area contributed by atoms with Crippen LogP contribution in [-0.4, -0.2) is 17.3 Å². The van der Waals surface area contributed by atoms with E-state index in [1.165, 1.54) is 0 Å². The third-order valence-electron chi connectivity index (χ3n) is 2.24. The van der Waals surface area contributed by atoms with Crippen molar-refractivity contribution in [1.29, 1.82) is 0 Å². The molecule has 17 heavy (non-hydrogen) atoms. The Hall–Kier alpha value is -1.49. The first-order chi connectivity index (χ1) is 8.19. The second kappa shape index (κ2) is 6.96. The van der Waals surface area contributed by atoms with Gasteiger partial charge in [-0.15, -0.1) is 0 Å². The van der Waals surface area contributed by atoms with Gasteiger partial charge < -0.3 is 4.74 Å². The van der Waals surface area contributed by atoms with Crippen molar-refractivity contribution in [2.24, 2.45) is 0 Å². The first-order valence-electron chi connectivity index (χ1n) is 5.35. The molecule has 92 valence electrons. The number of benzene rings is 1. The highest BCUT2D eigenvalue weighted by Gasteiger charge is 2.14. The number of nitro groups is 1. The van der Waals surface area contributed by atoms with Crippen molar-refractivity contribution in [2.75, 3.05) is 12.4 Å². The highest BCUT2D eigenvalue weighted by molar-refractivity contribution is 7.80. The van der Waals surface area contributed by atoms with Crippen molar-refractivity contribution in [3.05, 3.63) is 46.0 Å². The van der Waals surface area contributed by atoms with Gasteiger partial charge in [0.05, 0.1) is 4.92 Å². The Balaban J connectivity index is 2.83. The summed E-state index contributed by atoms with van der Waals surface area (Å²) in [5, 5.41) is 10.9. The molecule has 0 fully saturated rings. The summed E-state index contributed by atoms with van der Waals surface area (Å²) in [5.41, 5.74) is 0.943. The zero-order valence-electron chi connectivity index (χ0n) is 9.63. The van der Waals surface area contributed by atoms with Crippen LogP contribution in [0.4, 0.5) is 5.69 Å². The highest BCUT2D eigenvalue weighted by atomic mass is 32.1. The molecule has 0 aliphatic rings. The van der Waals surface area contributed by atoms with Crippen LogP contribution in [0.1, 0.15) is 12.5 Å². The Morgan fingerprint density at radius 1 is 1.47 bits per heavy atom. The molecule has 0 aromatic heterocycles. The fourth-order valence-corrected chi connectivity index (χ4v) is 1.48. The number of hydrogen-bond donors (Lipinski definition) is 1. The SMILES string of the molecule is CCc1ccc(OCC=CCS)c([N+](=O)[O-])c1. The lowest BCUT2D eigenvalue weighted by Crippen LogP contribution is -1.99. The largest absolute Gasteiger partial charge is 0.483 e. The normalized spacial score (nSPS) is 10.7. The Kier molecular flexibility index (Phi) is 5.56. The van der Waals surface area contributed by atoms with Gasteiger partial charge in [-0.1, -0.05) is 25.1 Å². The third-order valence-corrected chi connectivity index (χ3v) is 2.45. The maximum Gasteiger partial charge on any atom is 0.311 e. The molecular weight excluding hydrogens is 238 g/mol. The number of nitro benzene ring substituents is 1. The van der Waals surface area contributed by atoms with E-state index in [1.54, 1.807) is 18.2 Å². The van der Waals surface area contributed by atoms with Gasteiger partial charge in [0.15, 0.2) is 5.75 Å². The van der Waals surface area contributed by atoms with E-state index >= 15 is 0 Å². The van der Waals surface area contributed by atoms with Crippen LogP contribution >= 0.6 is 12.6 Å². The Morgan fingerprint density at radius 2 is 2.24 bits per heavy atom. The zero-order chi connectivity index (χ0) is 12.7. The van der Waals surface area contributed by atoms with Crippen molar-refractivity contribution in [2.45, 2.75) is 13.3 Å². The van der Waals surface area contributed by atoms with Crippen molar-refractivity contribution in [3.8, 4) is 5.75 Å². The third kappa shape index (κ3) is 4.11. The first-order valence-corrected chi connectivity index (χ1v) is 5.98. The molecule has 0 heterocycles. The smallest absolute Gasteiger partial charge is 0.311 e. The Labute approximate surface area is 106 Å². The predicted molar refractivity (Wildman–Crippen MR) is 71.0 cm³/mol. The topological polar surface area (TPSA) is 52.4 Å². The standard InChI is InChI=1S/C12H15NO3S/c1-2-10-5-6-12(11(9-10)13(14)15)16-7-3-4-8-17/h3-6,9,17H,2,7-8H2,1H3. The van der Waals surface area contributed by atoms with E-state index in [2.05, 4.69) is 12.6 Å². The molecule has 0 saturated carbocycles. The summed E-state index contributed by atoms with van der Waals surface area (Å²) >= 11 is 4.01. The fraction of sp³-hybridized carbons (Fsp3) is 0.333. The lowest BCUT2D eigenvalue weighted by molar-refractivity contribution is -0.385.